The molecule has 1 saturated heterocycles. The van der Waals surface area contributed by atoms with E-state index in [2.05, 4.69) is 10.3 Å². The van der Waals surface area contributed by atoms with Gasteiger partial charge < -0.3 is 10.2 Å². The molecule has 0 spiro atoms. The van der Waals surface area contributed by atoms with Crippen LogP contribution in [0.4, 0.5) is 5.69 Å². The van der Waals surface area contributed by atoms with Gasteiger partial charge in [0.1, 0.15) is 6.04 Å². The van der Waals surface area contributed by atoms with Crippen LogP contribution in [0.15, 0.2) is 54.7 Å². The van der Waals surface area contributed by atoms with E-state index >= 15 is 0 Å². The summed E-state index contributed by atoms with van der Waals surface area (Å²) in [4.78, 5) is 31.8. The summed E-state index contributed by atoms with van der Waals surface area (Å²) in [5, 5.41) is 4.58. The lowest BCUT2D eigenvalue weighted by atomic mass is 10.1. The van der Waals surface area contributed by atoms with Crippen molar-refractivity contribution in [2.45, 2.75) is 18.9 Å². The Morgan fingerprint density at radius 3 is 2.71 bits per heavy atom. The lowest BCUT2D eigenvalue weighted by Gasteiger charge is -2.24. The van der Waals surface area contributed by atoms with Crippen molar-refractivity contribution in [2.24, 2.45) is 0 Å². The number of fused-ring (bicyclic) bond motifs is 1. The van der Waals surface area contributed by atoms with Crippen LogP contribution in [0.5, 0.6) is 0 Å². The van der Waals surface area contributed by atoms with Gasteiger partial charge in [-0.3, -0.25) is 14.6 Å². The number of para-hydroxylation sites is 1. The van der Waals surface area contributed by atoms with Crippen molar-refractivity contribution < 1.29 is 9.59 Å². The SMILES string of the molecule is O=C(Nc1cccc2cccnc12)C1CCCN1C(=O)c1ccc(Cl)c(Cl)c1. The number of benzene rings is 2. The van der Waals surface area contributed by atoms with E-state index in [9.17, 15) is 9.59 Å². The van der Waals surface area contributed by atoms with Gasteiger partial charge in [0.2, 0.25) is 5.91 Å². The van der Waals surface area contributed by atoms with E-state index < -0.39 is 6.04 Å². The molecule has 5 nitrogen and oxygen atoms in total. The van der Waals surface area contributed by atoms with Gasteiger partial charge in [-0.2, -0.15) is 0 Å². The van der Waals surface area contributed by atoms with Crippen molar-refractivity contribution in [3.05, 3.63) is 70.3 Å². The molecule has 1 atom stereocenters. The fraction of sp³-hybridized carbons (Fsp3) is 0.190. The molecule has 1 aromatic heterocycles. The zero-order valence-electron chi connectivity index (χ0n) is 14.9. The first kappa shape index (κ1) is 18.7. The maximum Gasteiger partial charge on any atom is 0.254 e. The first-order valence-corrected chi connectivity index (χ1v) is 9.71. The number of anilines is 1. The number of aromatic nitrogens is 1. The van der Waals surface area contributed by atoms with Gasteiger partial charge in [0.05, 0.1) is 21.2 Å². The highest BCUT2D eigenvalue weighted by Gasteiger charge is 2.35. The van der Waals surface area contributed by atoms with Gasteiger partial charge in [-0.05, 0) is 43.2 Å². The molecule has 0 radical (unpaired) electrons. The van der Waals surface area contributed by atoms with Crippen LogP contribution in [0.25, 0.3) is 10.9 Å². The second-order valence-corrected chi connectivity index (χ2v) is 7.47. The average molecular weight is 414 g/mol. The predicted molar refractivity (Wildman–Crippen MR) is 111 cm³/mol. The monoisotopic (exact) mass is 413 g/mol. The zero-order chi connectivity index (χ0) is 19.7. The lowest BCUT2D eigenvalue weighted by molar-refractivity contribution is -0.119. The second kappa shape index (κ2) is 7.78. The molecular weight excluding hydrogens is 397 g/mol. The molecule has 0 bridgehead atoms. The van der Waals surface area contributed by atoms with E-state index in [0.29, 0.717) is 34.3 Å². The van der Waals surface area contributed by atoms with Gasteiger partial charge >= 0.3 is 0 Å². The Bertz CT molecular complexity index is 1070. The summed E-state index contributed by atoms with van der Waals surface area (Å²) in [6, 6.07) is 13.6. The number of hydrogen-bond donors (Lipinski definition) is 1. The fourth-order valence-electron chi connectivity index (χ4n) is 3.50. The normalized spacial score (nSPS) is 16.4. The van der Waals surface area contributed by atoms with Crippen molar-refractivity contribution in [3.8, 4) is 0 Å². The first-order valence-electron chi connectivity index (χ1n) is 8.95. The molecule has 2 amide bonds. The van der Waals surface area contributed by atoms with Crippen LogP contribution in [0.1, 0.15) is 23.2 Å². The van der Waals surface area contributed by atoms with E-state index in [1.165, 1.54) is 6.07 Å². The van der Waals surface area contributed by atoms with E-state index in [1.807, 2.05) is 30.3 Å². The molecule has 2 heterocycles. The van der Waals surface area contributed by atoms with Crippen LogP contribution in [0.2, 0.25) is 10.0 Å². The van der Waals surface area contributed by atoms with E-state index in [-0.39, 0.29) is 11.8 Å². The fourth-order valence-corrected chi connectivity index (χ4v) is 3.80. The molecule has 28 heavy (non-hydrogen) atoms. The Balaban J connectivity index is 1.56. The maximum absolute atomic E-state index is 12.9. The van der Waals surface area contributed by atoms with Crippen LogP contribution >= 0.6 is 23.2 Å². The molecule has 1 unspecified atom stereocenters. The molecule has 2 aromatic carbocycles. The van der Waals surface area contributed by atoms with Crippen molar-refractivity contribution in [2.75, 3.05) is 11.9 Å². The Morgan fingerprint density at radius 2 is 1.89 bits per heavy atom. The number of amides is 2. The van der Waals surface area contributed by atoms with Crippen LogP contribution in [-0.2, 0) is 4.79 Å². The number of likely N-dealkylation sites (tertiary alicyclic amines) is 1. The molecule has 1 fully saturated rings. The van der Waals surface area contributed by atoms with Gasteiger partial charge in [-0.1, -0.05) is 41.4 Å². The highest BCUT2D eigenvalue weighted by atomic mass is 35.5. The van der Waals surface area contributed by atoms with Crippen molar-refractivity contribution in [1.29, 1.82) is 0 Å². The van der Waals surface area contributed by atoms with Gasteiger partial charge in [-0.15, -0.1) is 0 Å². The summed E-state index contributed by atoms with van der Waals surface area (Å²) in [6.45, 7) is 0.519. The molecule has 1 aliphatic rings. The van der Waals surface area contributed by atoms with Crippen molar-refractivity contribution in [3.63, 3.8) is 0 Å². The number of halogens is 2. The zero-order valence-corrected chi connectivity index (χ0v) is 16.4. The molecule has 1 aliphatic heterocycles. The third kappa shape index (κ3) is 3.55. The van der Waals surface area contributed by atoms with Gasteiger partial charge in [0.15, 0.2) is 0 Å². The molecule has 7 heteroatoms. The smallest absolute Gasteiger partial charge is 0.254 e. The molecule has 1 N–H and O–H groups in total. The predicted octanol–water partition coefficient (Wildman–Crippen LogP) is 4.78. The molecule has 3 aromatic rings. The number of carbonyl (C=O) groups is 2. The third-order valence-electron chi connectivity index (χ3n) is 4.87. The highest BCUT2D eigenvalue weighted by Crippen LogP contribution is 2.27. The van der Waals surface area contributed by atoms with Crippen LogP contribution in [0.3, 0.4) is 0 Å². The second-order valence-electron chi connectivity index (χ2n) is 6.66. The largest absolute Gasteiger partial charge is 0.327 e. The molecule has 142 valence electrons. The molecule has 4 rings (SSSR count). The first-order chi connectivity index (χ1) is 13.5. The standard InChI is InChI=1S/C21H17Cl2N3O2/c22-15-9-8-14(12-16(15)23)21(28)26-11-3-7-18(26)20(27)25-17-6-1-4-13-5-2-10-24-19(13)17/h1-2,4-6,8-10,12,18H,3,7,11H2,(H,25,27). The minimum absolute atomic E-state index is 0.218. The van der Waals surface area contributed by atoms with E-state index in [0.717, 1.165) is 17.3 Å². The number of nitrogens with one attached hydrogen (secondary N) is 1. The lowest BCUT2D eigenvalue weighted by Crippen LogP contribution is -2.43. The van der Waals surface area contributed by atoms with Gasteiger partial charge in [0, 0.05) is 23.7 Å². The minimum Gasteiger partial charge on any atom is -0.327 e. The van der Waals surface area contributed by atoms with Crippen molar-refractivity contribution >= 4 is 51.6 Å². The topological polar surface area (TPSA) is 62.3 Å². The number of rotatable bonds is 3. The Hall–Kier alpha value is -2.63. The minimum atomic E-state index is -0.541. The third-order valence-corrected chi connectivity index (χ3v) is 5.61. The maximum atomic E-state index is 12.9. The van der Waals surface area contributed by atoms with Crippen molar-refractivity contribution in [1.82, 2.24) is 9.88 Å². The summed E-state index contributed by atoms with van der Waals surface area (Å²) in [5.74, 6) is -0.448. The van der Waals surface area contributed by atoms with Gasteiger partial charge in [0.25, 0.3) is 5.91 Å². The number of carbonyl (C=O) groups excluding carboxylic acids is 2. The van der Waals surface area contributed by atoms with E-state index in [4.69, 9.17) is 23.2 Å². The molecule has 0 saturated carbocycles. The molecular formula is C21H17Cl2N3O2. The summed E-state index contributed by atoms with van der Waals surface area (Å²) in [6.07, 6.45) is 3.06. The van der Waals surface area contributed by atoms with Gasteiger partial charge in [-0.25, -0.2) is 0 Å². The van der Waals surface area contributed by atoms with Crippen LogP contribution in [-0.4, -0.2) is 34.3 Å². The average Bonchev–Trinajstić information content (AvgIpc) is 3.20. The molecule has 0 aliphatic carbocycles. The number of hydrogen-bond acceptors (Lipinski definition) is 3. The number of nitrogens with zero attached hydrogens (tertiary/aromatic N) is 2. The Labute approximate surface area is 172 Å². The summed E-state index contributed by atoms with van der Waals surface area (Å²) < 4.78 is 0. The highest BCUT2D eigenvalue weighted by molar-refractivity contribution is 6.42. The Kier molecular flexibility index (Phi) is 5.20. The summed E-state index contributed by atoms with van der Waals surface area (Å²) in [7, 11) is 0. The van der Waals surface area contributed by atoms with Crippen LogP contribution < -0.4 is 5.32 Å². The van der Waals surface area contributed by atoms with Crippen LogP contribution in [0, 0.1) is 0 Å². The Morgan fingerprint density at radius 1 is 1.07 bits per heavy atom. The quantitative estimate of drug-likeness (QED) is 0.671. The number of pyridine rings is 1. The summed E-state index contributed by atoms with van der Waals surface area (Å²) >= 11 is 12.0. The summed E-state index contributed by atoms with van der Waals surface area (Å²) in [5.41, 5.74) is 1.77. The van der Waals surface area contributed by atoms with E-state index in [1.54, 1.807) is 23.2 Å².